The van der Waals surface area contributed by atoms with Gasteiger partial charge in [-0.05, 0) is 18.9 Å². The fourth-order valence-corrected chi connectivity index (χ4v) is 1.44. The lowest BCUT2D eigenvalue weighted by atomic mass is 10.2. The lowest BCUT2D eigenvalue weighted by molar-refractivity contribution is -0.137. The van der Waals surface area contributed by atoms with Crippen molar-refractivity contribution < 1.29 is 18.0 Å². The summed E-state index contributed by atoms with van der Waals surface area (Å²) >= 11 is 5.61. The second kappa shape index (κ2) is 4.18. The molecular formula is C10H8ClF3N2O. The van der Waals surface area contributed by atoms with Crippen LogP contribution < -0.4 is 5.32 Å². The Morgan fingerprint density at radius 1 is 1.47 bits per heavy atom. The van der Waals surface area contributed by atoms with Gasteiger partial charge in [0.25, 0.3) is 5.91 Å². The number of hydrogen-bond acceptors (Lipinski definition) is 2. The Morgan fingerprint density at radius 2 is 2.12 bits per heavy atom. The summed E-state index contributed by atoms with van der Waals surface area (Å²) in [5.41, 5.74) is -1.23. The first kappa shape index (κ1) is 12.2. The molecule has 1 fully saturated rings. The molecule has 0 saturated heterocycles. The molecule has 0 spiro atoms. The molecule has 1 N–H and O–H groups in total. The zero-order chi connectivity index (χ0) is 12.6. The summed E-state index contributed by atoms with van der Waals surface area (Å²) in [6, 6.07) is 0.764. The summed E-state index contributed by atoms with van der Waals surface area (Å²) in [6.45, 7) is 0. The summed E-state index contributed by atoms with van der Waals surface area (Å²) in [4.78, 5) is 15.0. The number of rotatable bonds is 2. The molecule has 0 bridgehead atoms. The molecule has 0 unspecified atom stereocenters. The third kappa shape index (κ3) is 2.88. The molecule has 1 aliphatic carbocycles. The predicted molar refractivity (Wildman–Crippen MR) is 54.7 cm³/mol. The van der Waals surface area contributed by atoms with E-state index < -0.39 is 17.6 Å². The Labute approximate surface area is 100.0 Å². The van der Waals surface area contributed by atoms with Gasteiger partial charge in [0.15, 0.2) is 0 Å². The van der Waals surface area contributed by atoms with Gasteiger partial charge in [-0.15, -0.1) is 0 Å². The Kier molecular flexibility index (Phi) is 2.99. The van der Waals surface area contributed by atoms with Crippen LogP contribution in [-0.4, -0.2) is 16.9 Å². The van der Waals surface area contributed by atoms with Gasteiger partial charge in [-0.1, -0.05) is 11.6 Å². The molecule has 1 saturated carbocycles. The van der Waals surface area contributed by atoms with Gasteiger partial charge in [0.1, 0.15) is 5.15 Å². The van der Waals surface area contributed by atoms with Gasteiger partial charge < -0.3 is 5.32 Å². The van der Waals surface area contributed by atoms with Crippen molar-refractivity contribution >= 4 is 17.5 Å². The van der Waals surface area contributed by atoms with Crippen LogP contribution >= 0.6 is 11.6 Å². The van der Waals surface area contributed by atoms with Crippen LogP contribution in [0.3, 0.4) is 0 Å². The van der Waals surface area contributed by atoms with Crippen molar-refractivity contribution in [2.24, 2.45) is 0 Å². The smallest absolute Gasteiger partial charge is 0.349 e. The molecule has 2 rings (SSSR count). The van der Waals surface area contributed by atoms with Crippen LogP contribution in [0.1, 0.15) is 28.8 Å². The number of nitrogens with zero attached hydrogens (tertiary/aromatic N) is 1. The van der Waals surface area contributed by atoms with E-state index in [2.05, 4.69) is 10.3 Å². The zero-order valence-corrected chi connectivity index (χ0v) is 9.27. The van der Waals surface area contributed by atoms with Crippen molar-refractivity contribution in [3.8, 4) is 0 Å². The van der Waals surface area contributed by atoms with E-state index in [1.165, 1.54) is 0 Å². The molecule has 0 atom stereocenters. The Bertz CT molecular complexity index is 457. The fraction of sp³-hybridized carbons (Fsp3) is 0.400. The molecule has 0 aromatic carbocycles. The number of carbonyl (C=O) groups excluding carboxylic acids is 1. The van der Waals surface area contributed by atoms with Crippen LogP contribution in [0.2, 0.25) is 5.15 Å². The summed E-state index contributed by atoms with van der Waals surface area (Å²) in [7, 11) is 0. The number of amides is 1. The second-order valence-corrected chi connectivity index (χ2v) is 4.17. The van der Waals surface area contributed by atoms with E-state index in [9.17, 15) is 18.0 Å². The van der Waals surface area contributed by atoms with Gasteiger partial charge >= 0.3 is 6.18 Å². The third-order valence-electron chi connectivity index (χ3n) is 2.32. The molecule has 92 valence electrons. The fourth-order valence-electron chi connectivity index (χ4n) is 1.25. The van der Waals surface area contributed by atoms with Gasteiger partial charge in [-0.25, -0.2) is 4.98 Å². The standard InChI is InChI=1S/C10H8ClF3N2O/c11-8-7(9(17)16-6-1-2-6)3-5(4-15-8)10(12,13)14/h3-4,6H,1-2H2,(H,16,17). The maximum Gasteiger partial charge on any atom is 0.417 e. The number of nitrogens with one attached hydrogen (secondary N) is 1. The molecule has 0 radical (unpaired) electrons. The number of halogens is 4. The molecule has 1 heterocycles. The molecule has 1 aliphatic rings. The highest BCUT2D eigenvalue weighted by Gasteiger charge is 2.33. The molecule has 3 nitrogen and oxygen atoms in total. The quantitative estimate of drug-likeness (QED) is 0.835. The first-order chi connectivity index (χ1) is 7.88. The number of alkyl halides is 3. The monoisotopic (exact) mass is 264 g/mol. The summed E-state index contributed by atoms with van der Waals surface area (Å²) in [5.74, 6) is -0.615. The highest BCUT2D eigenvalue weighted by molar-refractivity contribution is 6.32. The minimum absolute atomic E-state index is 0.0492. The highest BCUT2D eigenvalue weighted by atomic mass is 35.5. The Morgan fingerprint density at radius 3 is 2.65 bits per heavy atom. The molecule has 1 aromatic heterocycles. The van der Waals surface area contributed by atoms with Crippen molar-refractivity contribution in [1.29, 1.82) is 0 Å². The van der Waals surface area contributed by atoms with Crippen molar-refractivity contribution in [3.63, 3.8) is 0 Å². The average molecular weight is 265 g/mol. The van der Waals surface area contributed by atoms with Gasteiger partial charge in [0.05, 0.1) is 11.1 Å². The minimum Gasteiger partial charge on any atom is -0.349 e. The van der Waals surface area contributed by atoms with E-state index in [1.54, 1.807) is 0 Å². The van der Waals surface area contributed by atoms with Gasteiger partial charge in [-0.3, -0.25) is 4.79 Å². The van der Waals surface area contributed by atoms with Crippen LogP contribution in [0.4, 0.5) is 13.2 Å². The Hall–Kier alpha value is -1.30. The van der Waals surface area contributed by atoms with E-state index in [1.807, 2.05) is 0 Å². The zero-order valence-electron chi connectivity index (χ0n) is 8.51. The van der Waals surface area contributed by atoms with Crippen molar-refractivity contribution in [2.45, 2.75) is 25.1 Å². The SMILES string of the molecule is O=C(NC1CC1)c1cc(C(F)(F)F)cnc1Cl. The number of hydrogen-bond donors (Lipinski definition) is 1. The van der Waals surface area contributed by atoms with Crippen LogP contribution in [-0.2, 0) is 6.18 Å². The van der Waals surface area contributed by atoms with E-state index in [0.29, 0.717) is 12.3 Å². The predicted octanol–water partition coefficient (Wildman–Crippen LogP) is 2.65. The second-order valence-electron chi connectivity index (χ2n) is 3.81. The largest absolute Gasteiger partial charge is 0.417 e. The van der Waals surface area contributed by atoms with Crippen LogP contribution in [0, 0.1) is 0 Å². The molecule has 17 heavy (non-hydrogen) atoms. The average Bonchev–Trinajstić information content (AvgIpc) is 3.00. The van der Waals surface area contributed by atoms with E-state index in [-0.39, 0.29) is 16.8 Å². The van der Waals surface area contributed by atoms with Crippen LogP contribution in [0.5, 0.6) is 0 Å². The summed E-state index contributed by atoms with van der Waals surface area (Å²) < 4.78 is 37.3. The summed E-state index contributed by atoms with van der Waals surface area (Å²) in [5, 5.41) is 2.33. The third-order valence-corrected chi connectivity index (χ3v) is 2.62. The minimum atomic E-state index is -4.54. The van der Waals surface area contributed by atoms with Gasteiger partial charge in [-0.2, -0.15) is 13.2 Å². The van der Waals surface area contributed by atoms with Crippen LogP contribution in [0.15, 0.2) is 12.3 Å². The maximum atomic E-state index is 12.4. The van der Waals surface area contributed by atoms with E-state index in [4.69, 9.17) is 11.6 Å². The first-order valence-corrected chi connectivity index (χ1v) is 5.29. The van der Waals surface area contributed by atoms with E-state index in [0.717, 1.165) is 12.8 Å². The van der Waals surface area contributed by atoms with Crippen molar-refractivity contribution in [1.82, 2.24) is 10.3 Å². The first-order valence-electron chi connectivity index (χ1n) is 4.91. The van der Waals surface area contributed by atoms with Crippen LogP contribution in [0.25, 0.3) is 0 Å². The van der Waals surface area contributed by atoms with Crippen molar-refractivity contribution in [2.75, 3.05) is 0 Å². The van der Waals surface area contributed by atoms with E-state index >= 15 is 0 Å². The maximum absolute atomic E-state index is 12.4. The van der Waals surface area contributed by atoms with Crippen molar-refractivity contribution in [3.05, 3.63) is 28.5 Å². The molecule has 1 amide bonds. The highest BCUT2D eigenvalue weighted by Crippen LogP contribution is 2.30. The lowest BCUT2D eigenvalue weighted by Gasteiger charge is -2.09. The normalized spacial score (nSPS) is 15.8. The molecular weight excluding hydrogens is 257 g/mol. The number of carbonyl (C=O) groups is 1. The number of aromatic nitrogens is 1. The topological polar surface area (TPSA) is 42.0 Å². The lowest BCUT2D eigenvalue weighted by Crippen LogP contribution is -2.26. The summed E-state index contributed by atoms with van der Waals surface area (Å²) in [6.07, 6.45) is -2.24. The van der Waals surface area contributed by atoms with Gasteiger partial charge in [0, 0.05) is 12.2 Å². The number of pyridine rings is 1. The molecule has 1 aromatic rings. The molecule has 7 heteroatoms. The molecule has 0 aliphatic heterocycles. The van der Waals surface area contributed by atoms with Gasteiger partial charge in [0.2, 0.25) is 0 Å². The Balaban J connectivity index is 2.28.